The molecule has 1 N–H and O–H groups in total. The summed E-state index contributed by atoms with van der Waals surface area (Å²) >= 11 is 0. The maximum atomic E-state index is 12.8. The molecule has 150 valence electrons. The van der Waals surface area contributed by atoms with Crippen LogP contribution in [-0.4, -0.2) is 33.1 Å². The molecule has 5 nitrogen and oxygen atoms in total. The van der Waals surface area contributed by atoms with E-state index in [4.69, 9.17) is 4.74 Å². The summed E-state index contributed by atoms with van der Waals surface area (Å²) in [5.41, 5.74) is 5.48. The van der Waals surface area contributed by atoms with Crippen LogP contribution in [0.5, 0.6) is 5.75 Å². The van der Waals surface area contributed by atoms with Gasteiger partial charge in [-0.05, 0) is 37.8 Å². The average molecular weight is 396 g/mol. The van der Waals surface area contributed by atoms with Crippen LogP contribution in [0.15, 0.2) is 42.7 Å². The fourth-order valence-corrected chi connectivity index (χ4v) is 4.45. The van der Waals surface area contributed by atoms with Gasteiger partial charge in [-0.1, -0.05) is 24.3 Å². The Morgan fingerprint density at radius 2 is 2.14 bits per heavy atom. The van der Waals surface area contributed by atoms with E-state index in [1.54, 1.807) is 18.3 Å². The molecule has 2 atom stereocenters. The maximum Gasteiger partial charge on any atom is 0.387 e. The Morgan fingerprint density at radius 1 is 1.28 bits per heavy atom. The molecule has 2 aromatic heterocycles. The van der Waals surface area contributed by atoms with Gasteiger partial charge in [0.15, 0.2) is 5.65 Å². The van der Waals surface area contributed by atoms with E-state index in [1.807, 2.05) is 29.7 Å². The van der Waals surface area contributed by atoms with Gasteiger partial charge in [-0.2, -0.15) is 8.78 Å². The largest absolute Gasteiger partial charge is 0.435 e. The first kappa shape index (κ1) is 18.2. The van der Waals surface area contributed by atoms with E-state index in [2.05, 4.69) is 21.4 Å². The fraction of sp³-hybridized carbons (Fsp3) is 0.364. The molecular weight excluding hydrogens is 374 g/mol. The molecule has 2 unspecified atom stereocenters. The Kier molecular flexibility index (Phi) is 4.54. The quantitative estimate of drug-likeness (QED) is 0.704. The van der Waals surface area contributed by atoms with Gasteiger partial charge in [0.2, 0.25) is 0 Å². The van der Waals surface area contributed by atoms with Gasteiger partial charge in [0.05, 0.1) is 23.3 Å². The molecule has 0 spiro atoms. The number of aryl methyl sites for hydroxylation is 1. The highest BCUT2D eigenvalue weighted by atomic mass is 19.3. The second-order valence-corrected chi connectivity index (χ2v) is 7.75. The van der Waals surface area contributed by atoms with Crippen LogP contribution in [0.1, 0.15) is 41.9 Å². The SMILES string of the molecule is Cc1nc2cnc(C3=CC4CCC(C3)N4)cn2c1Cc1ccccc1OC(F)F. The highest BCUT2D eigenvalue weighted by molar-refractivity contribution is 5.66. The molecule has 1 saturated heterocycles. The van der Waals surface area contributed by atoms with Crippen LogP contribution < -0.4 is 10.1 Å². The van der Waals surface area contributed by atoms with Crippen molar-refractivity contribution in [2.45, 2.75) is 51.3 Å². The van der Waals surface area contributed by atoms with E-state index in [0.717, 1.165) is 29.1 Å². The van der Waals surface area contributed by atoms with E-state index in [9.17, 15) is 8.78 Å². The molecule has 0 amide bonds. The molecule has 0 saturated carbocycles. The van der Waals surface area contributed by atoms with Gasteiger partial charge in [-0.3, -0.25) is 4.98 Å². The van der Waals surface area contributed by atoms with Gasteiger partial charge in [0.1, 0.15) is 5.75 Å². The van der Waals surface area contributed by atoms with Crippen LogP contribution in [-0.2, 0) is 6.42 Å². The monoisotopic (exact) mass is 396 g/mol. The Hall–Kier alpha value is -2.80. The van der Waals surface area contributed by atoms with Crippen LogP contribution in [0.3, 0.4) is 0 Å². The number of fused-ring (bicyclic) bond motifs is 3. The summed E-state index contributed by atoms with van der Waals surface area (Å²) in [6.45, 7) is -0.916. The summed E-state index contributed by atoms with van der Waals surface area (Å²) in [5, 5.41) is 3.60. The van der Waals surface area contributed by atoms with Crippen molar-refractivity contribution in [3.63, 3.8) is 0 Å². The third-order valence-electron chi connectivity index (χ3n) is 5.83. The third-order valence-corrected chi connectivity index (χ3v) is 5.83. The Balaban J connectivity index is 1.52. The Labute approximate surface area is 167 Å². The second-order valence-electron chi connectivity index (χ2n) is 7.75. The van der Waals surface area contributed by atoms with Crippen molar-refractivity contribution in [1.82, 2.24) is 19.7 Å². The number of nitrogens with zero attached hydrogens (tertiary/aromatic N) is 3. The van der Waals surface area contributed by atoms with Crippen molar-refractivity contribution in [3.05, 3.63) is 65.4 Å². The topological polar surface area (TPSA) is 51.5 Å². The summed E-state index contributed by atoms with van der Waals surface area (Å²) in [5.74, 6) is 0.198. The number of imidazole rings is 1. The summed E-state index contributed by atoms with van der Waals surface area (Å²) in [4.78, 5) is 9.25. The molecule has 2 bridgehead atoms. The number of hydrogen-bond acceptors (Lipinski definition) is 4. The fourth-order valence-electron chi connectivity index (χ4n) is 4.45. The molecule has 2 aliphatic rings. The highest BCUT2D eigenvalue weighted by Crippen LogP contribution is 2.32. The molecule has 29 heavy (non-hydrogen) atoms. The second kappa shape index (κ2) is 7.22. The number of benzene rings is 1. The number of nitrogens with one attached hydrogen (secondary N) is 1. The molecule has 2 aliphatic heterocycles. The minimum absolute atomic E-state index is 0.198. The maximum absolute atomic E-state index is 12.8. The van der Waals surface area contributed by atoms with Gasteiger partial charge in [0, 0.05) is 30.3 Å². The number of aromatic nitrogens is 3. The molecule has 1 fully saturated rings. The van der Waals surface area contributed by atoms with Crippen molar-refractivity contribution in [3.8, 4) is 5.75 Å². The van der Waals surface area contributed by atoms with Crippen molar-refractivity contribution < 1.29 is 13.5 Å². The number of alkyl halides is 2. The standard InChI is InChI=1S/C22H22F2N4O/c1-13-19(10-14-4-2-3-5-20(14)29-22(23)24)28-12-18(25-11-21(28)26-13)15-8-16-6-7-17(9-15)27-16/h2-5,8,11-12,16-17,22,27H,6-7,9-10H2,1H3. The van der Waals surface area contributed by atoms with Gasteiger partial charge < -0.3 is 14.5 Å². The number of halogens is 2. The number of hydrogen-bond donors (Lipinski definition) is 1. The summed E-state index contributed by atoms with van der Waals surface area (Å²) in [6, 6.07) is 7.87. The lowest BCUT2D eigenvalue weighted by Gasteiger charge is -2.21. The molecule has 7 heteroatoms. The molecule has 1 aromatic carbocycles. The van der Waals surface area contributed by atoms with Gasteiger partial charge >= 0.3 is 6.61 Å². The lowest BCUT2D eigenvalue weighted by Crippen LogP contribution is -2.32. The minimum Gasteiger partial charge on any atom is -0.435 e. The molecule has 0 radical (unpaired) electrons. The first-order valence-corrected chi connectivity index (χ1v) is 9.90. The van der Waals surface area contributed by atoms with Crippen molar-refractivity contribution in [2.24, 2.45) is 0 Å². The van der Waals surface area contributed by atoms with Crippen LogP contribution in [0.4, 0.5) is 8.78 Å². The Bertz CT molecular complexity index is 1090. The van der Waals surface area contributed by atoms with Gasteiger partial charge in [-0.15, -0.1) is 0 Å². The van der Waals surface area contributed by atoms with Gasteiger partial charge in [-0.25, -0.2) is 4.98 Å². The lowest BCUT2D eigenvalue weighted by atomic mass is 10.0. The zero-order valence-corrected chi connectivity index (χ0v) is 16.1. The van der Waals surface area contributed by atoms with E-state index < -0.39 is 6.61 Å². The van der Waals surface area contributed by atoms with Crippen molar-refractivity contribution >= 4 is 11.2 Å². The van der Waals surface area contributed by atoms with Crippen molar-refractivity contribution in [2.75, 3.05) is 0 Å². The molecule has 4 heterocycles. The summed E-state index contributed by atoms with van der Waals surface area (Å²) in [6.07, 6.45) is 9.90. The first-order chi connectivity index (χ1) is 14.1. The Morgan fingerprint density at radius 3 is 2.97 bits per heavy atom. The zero-order valence-electron chi connectivity index (χ0n) is 16.1. The van der Waals surface area contributed by atoms with Gasteiger partial charge in [0.25, 0.3) is 0 Å². The van der Waals surface area contributed by atoms with Crippen molar-refractivity contribution in [1.29, 1.82) is 0 Å². The predicted molar refractivity (Wildman–Crippen MR) is 106 cm³/mol. The van der Waals surface area contributed by atoms with E-state index in [0.29, 0.717) is 24.1 Å². The molecule has 3 aromatic rings. The lowest BCUT2D eigenvalue weighted by molar-refractivity contribution is -0.0503. The third kappa shape index (κ3) is 3.51. The van der Waals surface area contributed by atoms with Crippen LogP contribution in [0.2, 0.25) is 0 Å². The van der Waals surface area contributed by atoms with E-state index in [1.165, 1.54) is 18.4 Å². The number of ether oxygens (including phenoxy) is 1. The molecule has 0 aliphatic carbocycles. The smallest absolute Gasteiger partial charge is 0.387 e. The number of rotatable bonds is 5. The van der Waals surface area contributed by atoms with Crippen LogP contribution in [0.25, 0.3) is 11.2 Å². The predicted octanol–water partition coefficient (Wildman–Crippen LogP) is 4.14. The summed E-state index contributed by atoms with van der Waals surface area (Å²) in [7, 11) is 0. The van der Waals surface area contributed by atoms with Crippen LogP contribution in [0, 0.1) is 6.92 Å². The van der Waals surface area contributed by atoms with Crippen LogP contribution >= 0.6 is 0 Å². The summed E-state index contributed by atoms with van der Waals surface area (Å²) < 4.78 is 32.3. The highest BCUT2D eigenvalue weighted by Gasteiger charge is 2.29. The number of para-hydroxylation sites is 1. The normalized spacial score (nSPS) is 21.0. The minimum atomic E-state index is -2.85. The first-order valence-electron chi connectivity index (χ1n) is 9.90. The molecular formula is C22H22F2N4O. The zero-order chi connectivity index (χ0) is 20.0. The molecule has 5 rings (SSSR count). The average Bonchev–Trinajstić information content (AvgIpc) is 3.20. The van der Waals surface area contributed by atoms with E-state index in [-0.39, 0.29) is 5.75 Å². The van der Waals surface area contributed by atoms with E-state index >= 15 is 0 Å².